The second-order valence-electron chi connectivity index (χ2n) is 3.01. The number of nitrogens with zero attached hydrogens (tertiary/aromatic N) is 2. The highest BCUT2D eigenvalue weighted by Gasteiger charge is 1.97. The Bertz CT molecular complexity index is 349. The molecule has 0 saturated heterocycles. The SMILES string of the molecule is CCSC(N)=Nc1cccc(N(C)N)c1. The van der Waals surface area contributed by atoms with E-state index < -0.39 is 0 Å². The lowest BCUT2D eigenvalue weighted by atomic mass is 10.3. The molecule has 4 N–H and O–H groups in total. The number of anilines is 1. The van der Waals surface area contributed by atoms with E-state index in [-0.39, 0.29) is 0 Å². The number of thioether (sulfide) groups is 1. The molecule has 15 heavy (non-hydrogen) atoms. The van der Waals surface area contributed by atoms with Crippen LogP contribution in [-0.2, 0) is 0 Å². The summed E-state index contributed by atoms with van der Waals surface area (Å²) in [6.07, 6.45) is 0. The van der Waals surface area contributed by atoms with Crippen LogP contribution < -0.4 is 16.6 Å². The summed E-state index contributed by atoms with van der Waals surface area (Å²) >= 11 is 1.52. The lowest BCUT2D eigenvalue weighted by Gasteiger charge is -2.11. The van der Waals surface area contributed by atoms with Crippen LogP contribution >= 0.6 is 11.8 Å². The average Bonchev–Trinajstić information content (AvgIpc) is 2.18. The summed E-state index contributed by atoms with van der Waals surface area (Å²) in [5, 5.41) is 2.12. The summed E-state index contributed by atoms with van der Waals surface area (Å²) in [4.78, 5) is 4.27. The number of hydrogen-bond donors (Lipinski definition) is 2. The predicted molar refractivity (Wildman–Crippen MR) is 68.4 cm³/mol. The van der Waals surface area contributed by atoms with Crippen molar-refractivity contribution in [2.75, 3.05) is 17.8 Å². The first-order chi connectivity index (χ1) is 7.13. The van der Waals surface area contributed by atoms with E-state index in [0.717, 1.165) is 17.1 Å². The highest BCUT2D eigenvalue weighted by molar-refractivity contribution is 8.13. The summed E-state index contributed by atoms with van der Waals surface area (Å²) in [5.41, 5.74) is 7.44. The Hall–Kier alpha value is -1.20. The van der Waals surface area contributed by atoms with E-state index in [2.05, 4.69) is 4.99 Å². The van der Waals surface area contributed by atoms with Gasteiger partial charge in [-0.05, 0) is 24.0 Å². The van der Waals surface area contributed by atoms with Crippen molar-refractivity contribution >= 4 is 28.3 Å². The van der Waals surface area contributed by atoms with Gasteiger partial charge in [-0.2, -0.15) is 0 Å². The monoisotopic (exact) mass is 224 g/mol. The molecule has 0 amide bonds. The van der Waals surface area contributed by atoms with Gasteiger partial charge >= 0.3 is 0 Å². The minimum absolute atomic E-state index is 0.578. The quantitative estimate of drug-likeness (QED) is 0.355. The van der Waals surface area contributed by atoms with Gasteiger partial charge in [0.15, 0.2) is 5.17 Å². The molecule has 0 aliphatic carbocycles. The standard InChI is InChI=1S/C10H16N4S/c1-3-15-10(11)13-8-5-4-6-9(7-8)14(2)12/h4-7H,3,12H2,1-2H3,(H2,11,13). The summed E-state index contributed by atoms with van der Waals surface area (Å²) in [5.74, 6) is 6.54. The van der Waals surface area contributed by atoms with Crippen molar-refractivity contribution in [3.63, 3.8) is 0 Å². The molecule has 1 aromatic rings. The smallest absolute Gasteiger partial charge is 0.159 e. The molecule has 0 heterocycles. The lowest BCUT2D eigenvalue weighted by molar-refractivity contribution is 1.02. The third kappa shape index (κ3) is 3.81. The number of rotatable bonds is 3. The molecule has 0 radical (unpaired) electrons. The maximum Gasteiger partial charge on any atom is 0.159 e. The fraction of sp³-hybridized carbons (Fsp3) is 0.300. The van der Waals surface area contributed by atoms with Crippen LogP contribution in [0.15, 0.2) is 29.3 Å². The average molecular weight is 224 g/mol. The fourth-order valence-corrected chi connectivity index (χ4v) is 1.56. The number of aliphatic imine (C=N–C) groups is 1. The van der Waals surface area contributed by atoms with Gasteiger partial charge in [-0.15, -0.1) is 0 Å². The number of nitrogens with two attached hydrogens (primary N) is 2. The van der Waals surface area contributed by atoms with E-state index in [1.165, 1.54) is 11.8 Å². The Morgan fingerprint density at radius 3 is 2.87 bits per heavy atom. The first-order valence-corrected chi connectivity index (χ1v) is 5.67. The van der Waals surface area contributed by atoms with Crippen molar-refractivity contribution < 1.29 is 0 Å². The van der Waals surface area contributed by atoms with Crippen LogP contribution in [0.2, 0.25) is 0 Å². The van der Waals surface area contributed by atoms with Gasteiger partial charge in [0, 0.05) is 7.05 Å². The van der Waals surface area contributed by atoms with Crippen LogP contribution in [0.3, 0.4) is 0 Å². The highest BCUT2D eigenvalue weighted by Crippen LogP contribution is 2.20. The van der Waals surface area contributed by atoms with Crippen molar-refractivity contribution in [1.29, 1.82) is 0 Å². The van der Waals surface area contributed by atoms with Gasteiger partial charge in [0.2, 0.25) is 0 Å². The molecule has 0 spiro atoms. The van der Waals surface area contributed by atoms with Crippen molar-refractivity contribution in [1.82, 2.24) is 0 Å². The maximum atomic E-state index is 5.71. The lowest BCUT2D eigenvalue weighted by Crippen LogP contribution is -2.24. The number of hydrogen-bond acceptors (Lipinski definition) is 4. The van der Waals surface area contributed by atoms with Crippen LogP contribution in [-0.4, -0.2) is 18.0 Å². The fourth-order valence-electron chi connectivity index (χ4n) is 1.09. The molecule has 1 aromatic carbocycles. The van der Waals surface area contributed by atoms with E-state index in [0.29, 0.717) is 5.17 Å². The van der Waals surface area contributed by atoms with E-state index in [4.69, 9.17) is 11.6 Å². The van der Waals surface area contributed by atoms with Gasteiger partial charge in [-0.3, -0.25) is 0 Å². The summed E-state index contributed by atoms with van der Waals surface area (Å²) in [7, 11) is 1.78. The molecule has 0 saturated carbocycles. The minimum Gasteiger partial charge on any atom is -0.378 e. The van der Waals surface area contributed by atoms with Gasteiger partial charge in [0.1, 0.15) is 0 Å². The molecular weight excluding hydrogens is 208 g/mol. The number of amidine groups is 1. The maximum absolute atomic E-state index is 5.71. The minimum atomic E-state index is 0.578. The molecular formula is C10H16N4S. The molecule has 0 aliphatic rings. The summed E-state index contributed by atoms with van der Waals surface area (Å²) in [6.45, 7) is 2.04. The Morgan fingerprint density at radius 2 is 2.27 bits per heavy atom. The molecule has 0 bridgehead atoms. The Labute approximate surface area is 94.3 Å². The molecule has 0 fully saturated rings. The zero-order valence-corrected chi connectivity index (χ0v) is 9.79. The van der Waals surface area contributed by atoms with Crippen molar-refractivity contribution in [2.24, 2.45) is 16.6 Å². The van der Waals surface area contributed by atoms with Crippen molar-refractivity contribution in [2.45, 2.75) is 6.92 Å². The largest absolute Gasteiger partial charge is 0.378 e. The summed E-state index contributed by atoms with van der Waals surface area (Å²) < 4.78 is 0. The van der Waals surface area contributed by atoms with Crippen molar-refractivity contribution in [3.05, 3.63) is 24.3 Å². The van der Waals surface area contributed by atoms with Crippen LogP contribution in [0.1, 0.15) is 6.92 Å². The zero-order chi connectivity index (χ0) is 11.3. The first kappa shape index (κ1) is 11.9. The topological polar surface area (TPSA) is 67.6 Å². The van der Waals surface area contributed by atoms with Gasteiger partial charge in [0.05, 0.1) is 11.4 Å². The molecule has 82 valence electrons. The predicted octanol–water partition coefficient (Wildman–Crippen LogP) is 1.70. The van der Waals surface area contributed by atoms with Gasteiger partial charge < -0.3 is 10.7 Å². The normalized spacial score (nSPS) is 11.5. The Morgan fingerprint density at radius 1 is 1.53 bits per heavy atom. The molecule has 0 aliphatic heterocycles. The van der Waals surface area contributed by atoms with E-state index in [9.17, 15) is 0 Å². The van der Waals surface area contributed by atoms with Crippen LogP contribution in [0.5, 0.6) is 0 Å². The van der Waals surface area contributed by atoms with Gasteiger partial charge in [-0.1, -0.05) is 24.8 Å². The van der Waals surface area contributed by atoms with Gasteiger partial charge in [-0.25, -0.2) is 10.8 Å². The highest BCUT2D eigenvalue weighted by atomic mass is 32.2. The van der Waals surface area contributed by atoms with Crippen LogP contribution in [0.4, 0.5) is 11.4 Å². The van der Waals surface area contributed by atoms with Crippen molar-refractivity contribution in [3.8, 4) is 0 Å². The Balaban J connectivity index is 2.86. The van der Waals surface area contributed by atoms with E-state index in [1.54, 1.807) is 12.1 Å². The second kappa shape index (κ2) is 5.63. The third-order valence-corrected chi connectivity index (χ3v) is 2.44. The Kier molecular flexibility index (Phi) is 4.45. The molecule has 1 rings (SSSR count). The van der Waals surface area contributed by atoms with Crippen LogP contribution in [0, 0.1) is 0 Å². The molecule has 0 aromatic heterocycles. The van der Waals surface area contributed by atoms with E-state index in [1.807, 2.05) is 31.2 Å². The zero-order valence-electron chi connectivity index (χ0n) is 8.97. The summed E-state index contributed by atoms with van der Waals surface area (Å²) in [6, 6.07) is 7.61. The second-order valence-corrected chi connectivity index (χ2v) is 4.30. The van der Waals surface area contributed by atoms with Crippen LogP contribution in [0.25, 0.3) is 0 Å². The number of hydrazine groups is 1. The molecule has 0 atom stereocenters. The molecule has 4 nitrogen and oxygen atoms in total. The third-order valence-electron chi connectivity index (χ3n) is 1.77. The first-order valence-electron chi connectivity index (χ1n) is 4.69. The van der Waals surface area contributed by atoms with E-state index >= 15 is 0 Å². The molecule has 0 unspecified atom stereocenters. The van der Waals surface area contributed by atoms with Gasteiger partial charge in [0.25, 0.3) is 0 Å². The number of benzene rings is 1. The molecule has 5 heteroatoms.